The fourth-order valence-electron chi connectivity index (χ4n) is 2.29. The van der Waals surface area contributed by atoms with Crippen LogP contribution in [-0.4, -0.2) is 26.0 Å². The van der Waals surface area contributed by atoms with E-state index in [0.717, 1.165) is 6.33 Å². The van der Waals surface area contributed by atoms with Crippen LogP contribution in [-0.2, 0) is 0 Å². The van der Waals surface area contributed by atoms with Gasteiger partial charge in [-0.15, -0.1) is 0 Å². The Kier molecular flexibility index (Phi) is 5.57. The lowest BCUT2D eigenvalue weighted by Gasteiger charge is -2.11. The summed E-state index contributed by atoms with van der Waals surface area (Å²) in [6.45, 7) is 0. The first-order valence-corrected chi connectivity index (χ1v) is 8.42. The summed E-state index contributed by atoms with van der Waals surface area (Å²) >= 11 is 12.0. The Balaban J connectivity index is 1.96. The van der Waals surface area contributed by atoms with Gasteiger partial charge in [-0.05, 0) is 42.5 Å². The normalized spacial score (nSPS) is 10.4. The zero-order valence-corrected chi connectivity index (χ0v) is 15.4. The Morgan fingerprint density at radius 1 is 1.04 bits per heavy atom. The summed E-state index contributed by atoms with van der Waals surface area (Å²) < 4.78 is 0. The molecule has 1 heterocycles. The van der Waals surface area contributed by atoms with Gasteiger partial charge >= 0.3 is 11.7 Å². The van der Waals surface area contributed by atoms with Crippen molar-refractivity contribution in [2.75, 3.05) is 10.6 Å². The molecule has 0 atom stereocenters. The molecule has 11 heteroatoms. The van der Waals surface area contributed by atoms with Gasteiger partial charge in [-0.3, -0.25) is 10.1 Å². The number of nitro groups is 1. The molecule has 28 heavy (non-hydrogen) atoms. The van der Waals surface area contributed by atoms with E-state index < -0.39 is 16.6 Å². The number of anilines is 4. The van der Waals surface area contributed by atoms with E-state index in [-0.39, 0.29) is 17.2 Å². The van der Waals surface area contributed by atoms with Crippen LogP contribution >= 0.6 is 23.2 Å². The number of halogens is 2. The molecule has 0 aliphatic carbocycles. The van der Waals surface area contributed by atoms with E-state index in [2.05, 4.69) is 20.6 Å². The van der Waals surface area contributed by atoms with Gasteiger partial charge in [-0.25, -0.2) is 14.8 Å². The van der Waals surface area contributed by atoms with Crippen molar-refractivity contribution in [1.29, 1.82) is 0 Å². The Hall–Kier alpha value is -3.43. The number of benzene rings is 2. The molecule has 2 aromatic carbocycles. The van der Waals surface area contributed by atoms with Gasteiger partial charge in [-0.1, -0.05) is 23.2 Å². The second kappa shape index (κ2) is 8.07. The van der Waals surface area contributed by atoms with Crippen molar-refractivity contribution in [3.05, 3.63) is 74.5 Å². The molecule has 9 nitrogen and oxygen atoms in total. The van der Waals surface area contributed by atoms with Crippen molar-refractivity contribution in [1.82, 2.24) is 9.97 Å². The maximum atomic E-state index is 11.6. The summed E-state index contributed by atoms with van der Waals surface area (Å²) in [7, 11) is 0. The number of aromatic nitrogens is 2. The van der Waals surface area contributed by atoms with Crippen molar-refractivity contribution >= 4 is 57.9 Å². The first-order chi connectivity index (χ1) is 13.3. The highest BCUT2D eigenvalue weighted by atomic mass is 35.5. The predicted molar refractivity (Wildman–Crippen MR) is 105 cm³/mol. The molecular weight excluding hydrogens is 409 g/mol. The van der Waals surface area contributed by atoms with Crippen LogP contribution in [0.15, 0.2) is 48.8 Å². The minimum Gasteiger partial charge on any atom is -0.478 e. The SMILES string of the molecule is O=C(O)c1ccc(Nc2ncnc(Nc3cc(Cl)ccc3Cl)c2[N+](=O)[O-])cc1. The van der Waals surface area contributed by atoms with Crippen molar-refractivity contribution in [3.8, 4) is 0 Å². The van der Waals surface area contributed by atoms with E-state index in [1.54, 1.807) is 12.1 Å². The highest BCUT2D eigenvalue weighted by Gasteiger charge is 2.24. The number of hydrogen-bond acceptors (Lipinski definition) is 7. The zero-order valence-electron chi connectivity index (χ0n) is 13.9. The number of rotatable bonds is 6. The smallest absolute Gasteiger partial charge is 0.353 e. The molecule has 3 aromatic rings. The molecule has 142 valence electrons. The van der Waals surface area contributed by atoms with E-state index in [1.165, 1.54) is 30.3 Å². The first-order valence-electron chi connectivity index (χ1n) is 7.67. The molecule has 0 fully saturated rings. The molecular formula is C17H11Cl2N5O4. The number of carbonyl (C=O) groups is 1. The molecule has 0 aliphatic rings. The number of carboxylic acids is 1. The monoisotopic (exact) mass is 419 g/mol. The first kappa shape index (κ1) is 19.3. The number of aromatic carboxylic acids is 1. The molecule has 0 bridgehead atoms. The third kappa shape index (κ3) is 4.27. The van der Waals surface area contributed by atoms with E-state index in [4.69, 9.17) is 28.3 Å². The van der Waals surface area contributed by atoms with E-state index in [1.807, 2.05) is 0 Å². The summed E-state index contributed by atoms with van der Waals surface area (Å²) in [6.07, 6.45) is 1.14. The Labute approximate surface area is 168 Å². The summed E-state index contributed by atoms with van der Waals surface area (Å²) in [5, 5.41) is 26.8. The summed E-state index contributed by atoms with van der Waals surface area (Å²) in [5.41, 5.74) is 0.424. The van der Waals surface area contributed by atoms with Crippen LogP contribution < -0.4 is 10.6 Å². The second-order valence-corrected chi connectivity index (χ2v) is 6.28. The number of nitrogens with zero attached hydrogens (tertiary/aromatic N) is 3. The van der Waals surface area contributed by atoms with Crippen molar-refractivity contribution < 1.29 is 14.8 Å². The minimum atomic E-state index is -1.08. The molecule has 0 unspecified atom stereocenters. The highest BCUT2D eigenvalue weighted by molar-refractivity contribution is 6.35. The summed E-state index contributed by atoms with van der Waals surface area (Å²) in [4.78, 5) is 29.7. The summed E-state index contributed by atoms with van der Waals surface area (Å²) in [5.74, 6) is -1.25. The average molecular weight is 420 g/mol. The maximum Gasteiger partial charge on any atom is 0.353 e. The predicted octanol–water partition coefficient (Wildman–Crippen LogP) is 4.88. The van der Waals surface area contributed by atoms with Gasteiger partial charge in [0, 0.05) is 10.7 Å². The van der Waals surface area contributed by atoms with Crippen molar-refractivity contribution in [2.24, 2.45) is 0 Å². The Bertz CT molecular complexity index is 1060. The fraction of sp³-hybridized carbons (Fsp3) is 0. The number of hydrogen-bond donors (Lipinski definition) is 3. The fourth-order valence-corrected chi connectivity index (χ4v) is 2.63. The van der Waals surface area contributed by atoms with Crippen LogP contribution in [0.2, 0.25) is 10.0 Å². The lowest BCUT2D eigenvalue weighted by molar-refractivity contribution is -0.383. The number of nitrogens with one attached hydrogen (secondary N) is 2. The van der Waals surface area contributed by atoms with E-state index in [9.17, 15) is 14.9 Å². The van der Waals surface area contributed by atoms with Crippen LogP contribution in [0.3, 0.4) is 0 Å². The van der Waals surface area contributed by atoms with Crippen LogP contribution in [0.4, 0.5) is 28.7 Å². The largest absolute Gasteiger partial charge is 0.478 e. The molecule has 0 saturated heterocycles. The van der Waals surface area contributed by atoms with Gasteiger partial charge < -0.3 is 15.7 Å². The molecule has 0 aliphatic heterocycles. The van der Waals surface area contributed by atoms with E-state index in [0.29, 0.717) is 21.4 Å². The molecule has 1 aromatic heterocycles. The lowest BCUT2D eigenvalue weighted by Crippen LogP contribution is -2.06. The molecule has 0 radical (unpaired) electrons. The zero-order chi connectivity index (χ0) is 20.3. The molecule has 3 rings (SSSR count). The van der Waals surface area contributed by atoms with Gasteiger partial charge in [0.1, 0.15) is 6.33 Å². The van der Waals surface area contributed by atoms with Gasteiger partial charge in [0.05, 0.1) is 21.2 Å². The average Bonchev–Trinajstić information content (AvgIpc) is 2.65. The Morgan fingerprint density at radius 2 is 1.68 bits per heavy atom. The topological polar surface area (TPSA) is 130 Å². The van der Waals surface area contributed by atoms with Crippen LogP contribution in [0.1, 0.15) is 10.4 Å². The van der Waals surface area contributed by atoms with Gasteiger partial charge in [0.2, 0.25) is 11.6 Å². The standard InChI is InChI=1S/C17H11Cl2N5O4/c18-10-3-6-12(19)13(7-10)23-16-14(24(27)28)15(20-8-21-16)22-11-4-1-9(2-5-11)17(25)26/h1-8H,(H,25,26)(H2,20,21,22,23). The van der Waals surface area contributed by atoms with Crippen molar-refractivity contribution in [3.63, 3.8) is 0 Å². The highest BCUT2D eigenvalue weighted by Crippen LogP contribution is 2.35. The maximum absolute atomic E-state index is 11.6. The minimum absolute atomic E-state index is 0.0799. The van der Waals surface area contributed by atoms with Gasteiger partial charge in [0.15, 0.2) is 0 Å². The van der Waals surface area contributed by atoms with Gasteiger partial charge in [0.25, 0.3) is 0 Å². The van der Waals surface area contributed by atoms with Gasteiger partial charge in [-0.2, -0.15) is 0 Å². The van der Waals surface area contributed by atoms with Crippen LogP contribution in [0, 0.1) is 10.1 Å². The van der Waals surface area contributed by atoms with Crippen molar-refractivity contribution in [2.45, 2.75) is 0 Å². The number of carboxylic acid groups (broad SMARTS) is 1. The molecule has 0 spiro atoms. The molecule has 0 amide bonds. The molecule has 3 N–H and O–H groups in total. The lowest BCUT2D eigenvalue weighted by atomic mass is 10.2. The summed E-state index contributed by atoms with van der Waals surface area (Å²) in [6, 6.07) is 10.3. The van der Waals surface area contributed by atoms with Crippen LogP contribution in [0.25, 0.3) is 0 Å². The third-order valence-corrected chi connectivity index (χ3v) is 4.15. The quantitative estimate of drug-likeness (QED) is 0.380. The molecule has 0 saturated carbocycles. The van der Waals surface area contributed by atoms with E-state index >= 15 is 0 Å². The Morgan fingerprint density at radius 3 is 2.29 bits per heavy atom. The van der Waals surface area contributed by atoms with Crippen LogP contribution in [0.5, 0.6) is 0 Å². The second-order valence-electron chi connectivity index (χ2n) is 5.43. The third-order valence-electron chi connectivity index (χ3n) is 3.58.